The van der Waals surface area contributed by atoms with Gasteiger partial charge in [-0.25, -0.2) is 4.79 Å². The largest absolute Gasteiger partial charge is 0.479 e. The smallest absolute Gasteiger partial charge is 0.335 e. The van der Waals surface area contributed by atoms with Gasteiger partial charge in [-0.15, -0.1) is 0 Å². The van der Waals surface area contributed by atoms with E-state index in [4.69, 9.17) is 15.6 Å². The molecule has 136 valence electrons. The molecule has 2 aromatic rings. The van der Waals surface area contributed by atoms with Crippen molar-refractivity contribution in [2.45, 2.75) is 39.0 Å². The molecule has 1 heterocycles. The molecule has 0 spiro atoms. The van der Waals surface area contributed by atoms with Crippen LogP contribution in [0.15, 0.2) is 42.5 Å². The molecule has 0 aromatic heterocycles. The lowest BCUT2D eigenvalue weighted by molar-refractivity contribution is -0.125. The standard InChI is InChI=1S/C20H22N2O4/c1-3-16(21)15-8-9-18-17(10-15)22(19(23)12(2)26-18)11-13-4-6-14(7-5-13)20(24)25/h4-10,12,16H,3,11,21H2,1-2H3,(H,24,25). The molecular weight excluding hydrogens is 332 g/mol. The zero-order valence-electron chi connectivity index (χ0n) is 14.8. The van der Waals surface area contributed by atoms with Crippen LogP contribution in [0.25, 0.3) is 0 Å². The number of carboxylic acids is 1. The van der Waals surface area contributed by atoms with Crippen molar-refractivity contribution in [1.82, 2.24) is 0 Å². The zero-order valence-corrected chi connectivity index (χ0v) is 14.8. The number of ether oxygens (including phenoxy) is 1. The number of benzene rings is 2. The van der Waals surface area contributed by atoms with Crippen LogP contribution >= 0.6 is 0 Å². The number of aromatic carboxylic acids is 1. The first kappa shape index (κ1) is 17.9. The van der Waals surface area contributed by atoms with Crippen LogP contribution in [0.5, 0.6) is 5.75 Å². The normalized spacial score (nSPS) is 17.4. The highest BCUT2D eigenvalue weighted by Crippen LogP contribution is 2.37. The monoisotopic (exact) mass is 354 g/mol. The van der Waals surface area contributed by atoms with Gasteiger partial charge in [0.25, 0.3) is 5.91 Å². The molecule has 6 nitrogen and oxygen atoms in total. The Morgan fingerprint density at radius 3 is 2.58 bits per heavy atom. The van der Waals surface area contributed by atoms with E-state index in [1.54, 1.807) is 24.0 Å². The third-order valence-corrected chi connectivity index (χ3v) is 4.60. The second-order valence-corrected chi connectivity index (χ2v) is 6.43. The Labute approximate surface area is 152 Å². The fourth-order valence-corrected chi connectivity index (χ4v) is 2.99. The summed E-state index contributed by atoms with van der Waals surface area (Å²) >= 11 is 0. The van der Waals surface area contributed by atoms with Crippen LogP contribution in [0.3, 0.4) is 0 Å². The Bertz CT molecular complexity index is 832. The molecule has 1 amide bonds. The van der Waals surface area contributed by atoms with Gasteiger partial charge in [0.1, 0.15) is 5.75 Å². The van der Waals surface area contributed by atoms with Crippen LogP contribution in [0.1, 0.15) is 47.8 Å². The highest BCUT2D eigenvalue weighted by molar-refractivity contribution is 5.99. The lowest BCUT2D eigenvalue weighted by Crippen LogP contribution is -2.44. The quantitative estimate of drug-likeness (QED) is 0.860. The number of rotatable bonds is 5. The SMILES string of the molecule is CCC(N)c1ccc2c(c1)N(Cc1ccc(C(=O)O)cc1)C(=O)C(C)O2. The maximum Gasteiger partial charge on any atom is 0.335 e. The number of fused-ring (bicyclic) bond motifs is 1. The summed E-state index contributed by atoms with van der Waals surface area (Å²) in [5.74, 6) is -0.468. The molecule has 0 saturated heterocycles. The Hall–Kier alpha value is -2.86. The van der Waals surface area contributed by atoms with Gasteiger partial charge in [-0.05, 0) is 48.7 Å². The van der Waals surface area contributed by atoms with E-state index in [-0.39, 0.29) is 17.5 Å². The third kappa shape index (κ3) is 3.41. The summed E-state index contributed by atoms with van der Waals surface area (Å²) in [6, 6.07) is 12.1. The van der Waals surface area contributed by atoms with Crippen molar-refractivity contribution in [2.75, 3.05) is 4.90 Å². The average Bonchev–Trinajstić information content (AvgIpc) is 2.65. The number of carbonyl (C=O) groups is 2. The molecule has 6 heteroatoms. The van der Waals surface area contributed by atoms with Crippen LogP contribution < -0.4 is 15.4 Å². The van der Waals surface area contributed by atoms with Gasteiger partial charge in [-0.1, -0.05) is 25.1 Å². The van der Waals surface area contributed by atoms with E-state index < -0.39 is 12.1 Å². The topological polar surface area (TPSA) is 92.9 Å². The van der Waals surface area contributed by atoms with Gasteiger partial charge in [0, 0.05) is 6.04 Å². The molecular formula is C20H22N2O4. The fraction of sp³-hybridized carbons (Fsp3) is 0.300. The number of nitrogens with zero attached hydrogens (tertiary/aromatic N) is 1. The summed E-state index contributed by atoms with van der Waals surface area (Å²) in [6.07, 6.45) is 0.215. The van der Waals surface area contributed by atoms with E-state index in [9.17, 15) is 9.59 Å². The molecule has 0 saturated carbocycles. The summed E-state index contributed by atoms with van der Waals surface area (Å²) in [5.41, 5.74) is 8.83. The van der Waals surface area contributed by atoms with Crippen LogP contribution in [-0.2, 0) is 11.3 Å². The van der Waals surface area contributed by atoms with Crippen LogP contribution in [0, 0.1) is 0 Å². The van der Waals surface area contributed by atoms with Gasteiger partial charge >= 0.3 is 5.97 Å². The van der Waals surface area contributed by atoms with Crippen molar-refractivity contribution in [3.05, 3.63) is 59.2 Å². The van der Waals surface area contributed by atoms with Crippen molar-refractivity contribution in [3.8, 4) is 5.75 Å². The Morgan fingerprint density at radius 2 is 1.96 bits per heavy atom. The molecule has 3 rings (SSSR count). The van der Waals surface area contributed by atoms with Crippen molar-refractivity contribution in [1.29, 1.82) is 0 Å². The van der Waals surface area contributed by atoms with Crippen LogP contribution in [0.2, 0.25) is 0 Å². The van der Waals surface area contributed by atoms with E-state index >= 15 is 0 Å². The number of amides is 1. The van der Waals surface area contributed by atoms with Crippen LogP contribution in [0.4, 0.5) is 5.69 Å². The number of anilines is 1. The first-order chi connectivity index (χ1) is 12.4. The van der Waals surface area contributed by atoms with E-state index in [0.717, 1.165) is 17.5 Å². The first-order valence-corrected chi connectivity index (χ1v) is 8.60. The summed E-state index contributed by atoms with van der Waals surface area (Å²) < 4.78 is 5.72. The molecule has 26 heavy (non-hydrogen) atoms. The second-order valence-electron chi connectivity index (χ2n) is 6.43. The first-order valence-electron chi connectivity index (χ1n) is 8.60. The molecule has 2 unspecified atom stereocenters. The highest BCUT2D eigenvalue weighted by atomic mass is 16.5. The Morgan fingerprint density at radius 1 is 1.27 bits per heavy atom. The van der Waals surface area contributed by atoms with Gasteiger partial charge in [0.2, 0.25) is 0 Å². The number of carboxylic acid groups (broad SMARTS) is 1. The molecule has 0 fully saturated rings. The lowest BCUT2D eigenvalue weighted by atomic mass is 10.0. The molecule has 2 aromatic carbocycles. The minimum absolute atomic E-state index is 0.105. The van der Waals surface area contributed by atoms with Crippen molar-refractivity contribution < 1.29 is 19.4 Å². The van der Waals surface area contributed by atoms with E-state index in [1.807, 2.05) is 25.1 Å². The average molecular weight is 354 g/mol. The number of hydrogen-bond donors (Lipinski definition) is 2. The van der Waals surface area contributed by atoms with Gasteiger partial charge < -0.3 is 20.5 Å². The van der Waals surface area contributed by atoms with Gasteiger partial charge in [-0.2, -0.15) is 0 Å². The summed E-state index contributed by atoms with van der Waals surface area (Å²) in [6.45, 7) is 4.07. The third-order valence-electron chi connectivity index (χ3n) is 4.60. The molecule has 3 N–H and O–H groups in total. The Kier molecular flexibility index (Phi) is 4.95. The Balaban J connectivity index is 1.95. The maximum absolute atomic E-state index is 12.7. The van der Waals surface area contributed by atoms with E-state index in [1.165, 1.54) is 12.1 Å². The molecule has 1 aliphatic heterocycles. The number of carbonyl (C=O) groups excluding carboxylic acids is 1. The van der Waals surface area contributed by atoms with E-state index in [0.29, 0.717) is 18.0 Å². The predicted molar refractivity (Wildman–Crippen MR) is 98.3 cm³/mol. The predicted octanol–water partition coefficient (Wildman–Crippen LogP) is 3.11. The summed E-state index contributed by atoms with van der Waals surface area (Å²) in [7, 11) is 0. The van der Waals surface area contributed by atoms with Crippen molar-refractivity contribution >= 4 is 17.6 Å². The minimum atomic E-state index is -0.976. The van der Waals surface area contributed by atoms with Crippen molar-refractivity contribution in [2.24, 2.45) is 5.73 Å². The molecule has 0 bridgehead atoms. The molecule has 0 aliphatic carbocycles. The van der Waals surface area contributed by atoms with Crippen LogP contribution in [-0.4, -0.2) is 23.1 Å². The van der Waals surface area contributed by atoms with E-state index in [2.05, 4.69) is 0 Å². The van der Waals surface area contributed by atoms with Gasteiger partial charge in [0.05, 0.1) is 17.8 Å². The minimum Gasteiger partial charge on any atom is -0.479 e. The molecule has 0 radical (unpaired) electrons. The van der Waals surface area contributed by atoms with Gasteiger partial charge in [0.15, 0.2) is 6.10 Å². The number of hydrogen-bond acceptors (Lipinski definition) is 4. The molecule has 2 atom stereocenters. The fourth-order valence-electron chi connectivity index (χ4n) is 2.99. The van der Waals surface area contributed by atoms with Crippen molar-refractivity contribution in [3.63, 3.8) is 0 Å². The highest BCUT2D eigenvalue weighted by Gasteiger charge is 2.32. The summed E-state index contributed by atoms with van der Waals surface area (Å²) in [5, 5.41) is 9.02. The molecule has 1 aliphatic rings. The number of nitrogens with two attached hydrogens (primary N) is 1. The van der Waals surface area contributed by atoms with Gasteiger partial charge in [-0.3, -0.25) is 4.79 Å². The zero-order chi connectivity index (χ0) is 18.8. The maximum atomic E-state index is 12.7. The summed E-state index contributed by atoms with van der Waals surface area (Å²) in [4.78, 5) is 25.4. The second kappa shape index (κ2) is 7.17. The lowest BCUT2D eigenvalue weighted by Gasteiger charge is -2.33.